The molecule has 0 aliphatic heterocycles. The van der Waals surface area contributed by atoms with Crippen molar-refractivity contribution < 1.29 is 28.6 Å². The van der Waals surface area contributed by atoms with E-state index in [9.17, 15) is 14.4 Å². The Labute approximate surface area is 423 Å². The van der Waals surface area contributed by atoms with Gasteiger partial charge in [-0.1, -0.05) is 288 Å². The maximum Gasteiger partial charge on any atom is 0.306 e. The van der Waals surface area contributed by atoms with Crippen LogP contribution in [0.25, 0.3) is 0 Å². The fraction of sp³-hybridized carbons (Fsp3) is 0.855. The minimum Gasteiger partial charge on any atom is -0.462 e. The Morgan fingerprint density at radius 2 is 0.574 bits per heavy atom. The molecule has 1 unspecified atom stereocenters. The van der Waals surface area contributed by atoms with Gasteiger partial charge in [0.25, 0.3) is 0 Å². The SMILES string of the molecule is CC/C=C\C/C=C\C/C=C\CCCCCCCCC(=O)OC(COC(=O)CCCCCCCCCCCCCCCCCC)COC(=O)CCCCCCCCCCCCCCCCCCCC. The van der Waals surface area contributed by atoms with Crippen molar-refractivity contribution in [2.24, 2.45) is 0 Å². The van der Waals surface area contributed by atoms with Crippen molar-refractivity contribution in [1.82, 2.24) is 0 Å². The van der Waals surface area contributed by atoms with E-state index in [0.29, 0.717) is 19.3 Å². The Kier molecular flexibility index (Phi) is 55.2. The summed E-state index contributed by atoms with van der Waals surface area (Å²) in [5.74, 6) is -0.863. The molecule has 68 heavy (non-hydrogen) atoms. The largest absolute Gasteiger partial charge is 0.462 e. The van der Waals surface area contributed by atoms with Gasteiger partial charge in [0.1, 0.15) is 13.2 Å². The van der Waals surface area contributed by atoms with Crippen molar-refractivity contribution in [2.75, 3.05) is 13.2 Å². The zero-order valence-electron chi connectivity index (χ0n) is 45.6. The summed E-state index contributed by atoms with van der Waals surface area (Å²) in [6, 6.07) is 0. The predicted octanol–water partition coefficient (Wildman–Crippen LogP) is 20.0. The van der Waals surface area contributed by atoms with Gasteiger partial charge in [0, 0.05) is 19.3 Å². The number of ether oxygens (including phenoxy) is 3. The van der Waals surface area contributed by atoms with Gasteiger partial charge in [-0.2, -0.15) is 0 Å². The van der Waals surface area contributed by atoms with Crippen molar-refractivity contribution in [1.29, 1.82) is 0 Å². The molecule has 0 aromatic carbocycles. The molecule has 0 spiro atoms. The molecule has 0 saturated heterocycles. The van der Waals surface area contributed by atoms with Crippen LogP contribution in [0.15, 0.2) is 36.5 Å². The second kappa shape index (κ2) is 57.2. The van der Waals surface area contributed by atoms with E-state index in [2.05, 4.69) is 57.2 Å². The van der Waals surface area contributed by atoms with Crippen LogP contribution in [0.5, 0.6) is 0 Å². The number of esters is 3. The highest BCUT2D eigenvalue weighted by Gasteiger charge is 2.19. The summed E-state index contributed by atoms with van der Waals surface area (Å²) in [5.41, 5.74) is 0. The standard InChI is InChI=1S/C62H114O6/c1-4-7-10-13-16-19-22-25-28-31-32-35-37-40-43-46-49-52-55-61(64)67-58-59(68-62(65)56-53-50-47-44-41-38-34-30-27-24-21-18-15-12-9-6-3)57-66-60(63)54-51-48-45-42-39-36-33-29-26-23-20-17-14-11-8-5-2/h9,12,18,21,27,30,59H,4-8,10-11,13-17,19-20,22-26,28-29,31-58H2,1-3H3/b12-9-,21-18-,30-27-. The molecule has 6 nitrogen and oxygen atoms in total. The van der Waals surface area contributed by atoms with Gasteiger partial charge in [-0.15, -0.1) is 0 Å². The van der Waals surface area contributed by atoms with Gasteiger partial charge < -0.3 is 14.2 Å². The molecule has 0 saturated carbocycles. The highest BCUT2D eigenvalue weighted by Crippen LogP contribution is 2.17. The van der Waals surface area contributed by atoms with E-state index < -0.39 is 6.10 Å². The van der Waals surface area contributed by atoms with E-state index in [4.69, 9.17) is 14.2 Å². The summed E-state index contributed by atoms with van der Waals surface area (Å²) in [6.45, 7) is 6.58. The maximum absolute atomic E-state index is 12.9. The van der Waals surface area contributed by atoms with Gasteiger partial charge in [-0.3, -0.25) is 14.4 Å². The summed E-state index contributed by atoms with van der Waals surface area (Å²) in [6.07, 6.45) is 68.5. The Bertz CT molecular complexity index is 1140. The maximum atomic E-state index is 12.9. The number of carbonyl (C=O) groups is 3. The van der Waals surface area contributed by atoms with Crippen molar-refractivity contribution >= 4 is 17.9 Å². The normalized spacial score (nSPS) is 12.2. The molecular formula is C62H114O6. The van der Waals surface area contributed by atoms with Crippen molar-refractivity contribution in [3.8, 4) is 0 Å². The minimum atomic E-state index is -0.775. The number of carbonyl (C=O) groups excluding carboxylic acids is 3. The first-order valence-corrected chi connectivity index (χ1v) is 30.0. The van der Waals surface area contributed by atoms with Crippen molar-refractivity contribution in [2.45, 2.75) is 329 Å². The average molecular weight is 956 g/mol. The average Bonchev–Trinajstić information content (AvgIpc) is 3.34. The van der Waals surface area contributed by atoms with Crippen molar-refractivity contribution in [3.05, 3.63) is 36.5 Å². The van der Waals surface area contributed by atoms with Crippen LogP contribution < -0.4 is 0 Å². The lowest BCUT2D eigenvalue weighted by Crippen LogP contribution is -2.30. The minimum absolute atomic E-state index is 0.0724. The third-order valence-corrected chi connectivity index (χ3v) is 13.4. The molecule has 0 N–H and O–H groups in total. The lowest BCUT2D eigenvalue weighted by Gasteiger charge is -2.18. The third kappa shape index (κ3) is 54.6. The molecule has 0 heterocycles. The zero-order chi connectivity index (χ0) is 49.3. The molecule has 0 radical (unpaired) electrons. The van der Waals surface area contributed by atoms with E-state index in [1.807, 2.05) is 0 Å². The summed E-state index contributed by atoms with van der Waals surface area (Å²) >= 11 is 0. The van der Waals surface area contributed by atoms with Gasteiger partial charge in [-0.25, -0.2) is 0 Å². The molecule has 0 aliphatic rings. The van der Waals surface area contributed by atoms with Crippen LogP contribution in [0, 0.1) is 0 Å². The molecule has 6 heteroatoms. The number of hydrogen-bond acceptors (Lipinski definition) is 6. The predicted molar refractivity (Wildman–Crippen MR) is 293 cm³/mol. The highest BCUT2D eigenvalue weighted by molar-refractivity contribution is 5.71. The zero-order valence-corrected chi connectivity index (χ0v) is 45.6. The number of allylic oxidation sites excluding steroid dienone is 6. The van der Waals surface area contributed by atoms with Gasteiger partial charge in [0.2, 0.25) is 0 Å². The van der Waals surface area contributed by atoms with E-state index in [0.717, 1.165) is 83.5 Å². The molecular weight excluding hydrogens is 841 g/mol. The van der Waals surface area contributed by atoms with Gasteiger partial charge in [0.05, 0.1) is 0 Å². The molecule has 398 valence electrons. The first kappa shape index (κ1) is 65.6. The molecule has 0 aliphatic carbocycles. The van der Waals surface area contributed by atoms with Crippen LogP contribution in [0.2, 0.25) is 0 Å². The molecule has 0 fully saturated rings. The summed E-state index contributed by atoms with van der Waals surface area (Å²) in [5, 5.41) is 0. The first-order chi connectivity index (χ1) is 33.5. The lowest BCUT2D eigenvalue weighted by molar-refractivity contribution is -0.167. The van der Waals surface area contributed by atoms with Gasteiger partial charge in [-0.05, 0) is 51.4 Å². The second-order valence-corrected chi connectivity index (χ2v) is 20.2. The Morgan fingerprint density at radius 1 is 0.309 bits per heavy atom. The smallest absolute Gasteiger partial charge is 0.306 e. The van der Waals surface area contributed by atoms with Crippen LogP contribution in [0.1, 0.15) is 323 Å². The lowest BCUT2D eigenvalue weighted by atomic mass is 10.0. The van der Waals surface area contributed by atoms with E-state index in [-0.39, 0.29) is 31.1 Å². The van der Waals surface area contributed by atoms with Crippen LogP contribution >= 0.6 is 0 Å². The molecule has 0 aromatic rings. The Balaban J connectivity index is 4.33. The van der Waals surface area contributed by atoms with Crippen molar-refractivity contribution in [3.63, 3.8) is 0 Å². The van der Waals surface area contributed by atoms with Crippen LogP contribution in [-0.2, 0) is 28.6 Å². The third-order valence-electron chi connectivity index (χ3n) is 13.4. The molecule has 0 rings (SSSR count). The molecule has 1 atom stereocenters. The highest BCUT2D eigenvalue weighted by atomic mass is 16.6. The Morgan fingerprint density at radius 3 is 0.897 bits per heavy atom. The van der Waals surface area contributed by atoms with Gasteiger partial charge in [0.15, 0.2) is 6.10 Å². The fourth-order valence-electron chi connectivity index (χ4n) is 8.93. The molecule has 0 amide bonds. The fourth-order valence-corrected chi connectivity index (χ4v) is 8.93. The van der Waals surface area contributed by atoms with Crippen LogP contribution in [0.4, 0.5) is 0 Å². The summed E-state index contributed by atoms with van der Waals surface area (Å²) in [4.78, 5) is 38.2. The van der Waals surface area contributed by atoms with E-state index in [1.54, 1.807) is 0 Å². The Hall–Kier alpha value is -2.37. The quantitative estimate of drug-likeness (QED) is 0.0262. The van der Waals surface area contributed by atoms with Crippen LogP contribution in [0.3, 0.4) is 0 Å². The van der Waals surface area contributed by atoms with Gasteiger partial charge >= 0.3 is 17.9 Å². The molecule has 0 bridgehead atoms. The van der Waals surface area contributed by atoms with E-state index in [1.165, 1.54) is 199 Å². The second-order valence-electron chi connectivity index (χ2n) is 20.2. The van der Waals surface area contributed by atoms with E-state index >= 15 is 0 Å². The molecule has 0 aromatic heterocycles. The topological polar surface area (TPSA) is 78.9 Å². The number of unbranched alkanes of at least 4 members (excludes halogenated alkanes) is 38. The monoisotopic (exact) mass is 955 g/mol. The van der Waals surface area contributed by atoms with Crippen LogP contribution in [-0.4, -0.2) is 37.2 Å². The summed E-state index contributed by atoms with van der Waals surface area (Å²) in [7, 11) is 0. The summed E-state index contributed by atoms with van der Waals surface area (Å²) < 4.78 is 16.9. The number of rotatable bonds is 55. The first-order valence-electron chi connectivity index (χ1n) is 30.0. The number of hydrogen-bond donors (Lipinski definition) is 0.